The minimum Gasteiger partial charge on any atom is -0.399 e. The van der Waals surface area contributed by atoms with Gasteiger partial charge in [0.1, 0.15) is 0 Å². The monoisotopic (exact) mass is 436 g/mol. The normalized spacial score (nSPS) is 20.8. The molecule has 7 heteroatoms. The van der Waals surface area contributed by atoms with Crippen molar-refractivity contribution in [2.75, 3.05) is 0 Å². The van der Waals surface area contributed by atoms with Gasteiger partial charge in [0.05, 0.1) is 11.2 Å². The topological polar surface area (TPSA) is 18.5 Å². The molecule has 0 atom stereocenters. The molecule has 0 spiro atoms. The molecule has 2 heterocycles. The first-order valence-electron chi connectivity index (χ1n) is 6.96. The van der Waals surface area contributed by atoms with Gasteiger partial charge in [-0.05, 0) is 51.3 Å². The second-order valence-corrected chi connectivity index (χ2v) is 8.96. The van der Waals surface area contributed by atoms with E-state index in [1.165, 1.54) is 23.5 Å². The van der Waals surface area contributed by atoms with Crippen LogP contribution >= 0.6 is 33.9 Å². The zero-order valence-corrected chi connectivity index (χ0v) is 15.7. The predicted octanol–water partition coefficient (Wildman–Crippen LogP) is 4.68. The van der Waals surface area contributed by atoms with Crippen LogP contribution in [0.15, 0.2) is 24.3 Å². The fraction of sp³-hybridized carbons (Fsp3) is 0.467. The molecule has 0 radical (unpaired) electrons. The van der Waals surface area contributed by atoms with Crippen molar-refractivity contribution in [3.8, 4) is 0 Å². The van der Waals surface area contributed by atoms with Crippen molar-refractivity contribution in [1.29, 1.82) is 0 Å². The van der Waals surface area contributed by atoms with E-state index >= 15 is 0 Å². The van der Waals surface area contributed by atoms with Gasteiger partial charge >= 0.3 is 11.0 Å². The van der Waals surface area contributed by atoms with Crippen LogP contribution in [0.25, 0.3) is 10.1 Å². The van der Waals surface area contributed by atoms with Gasteiger partial charge in [0, 0.05) is 37.6 Å². The molecular formula is C15H16BF2IO2S. The smallest absolute Gasteiger partial charge is 0.399 e. The average molecular weight is 436 g/mol. The van der Waals surface area contributed by atoms with E-state index in [1.54, 1.807) is 6.07 Å². The molecule has 2 nitrogen and oxygen atoms in total. The van der Waals surface area contributed by atoms with Crippen molar-refractivity contribution in [2.24, 2.45) is 0 Å². The summed E-state index contributed by atoms with van der Waals surface area (Å²) in [5.74, 6) is 0. The first-order valence-corrected chi connectivity index (χ1v) is 8.85. The van der Waals surface area contributed by atoms with E-state index in [-0.39, 0.29) is 5.56 Å². The molecule has 0 saturated carbocycles. The minimum absolute atomic E-state index is 0.0128. The lowest BCUT2D eigenvalue weighted by atomic mass is 9.87. The molecule has 0 N–H and O–H groups in total. The van der Waals surface area contributed by atoms with Crippen molar-refractivity contribution >= 4 is 55.9 Å². The van der Waals surface area contributed by atoms with Gasteiger partial charge in [-0.15, -0.1) is 11.3 Å². The molecule has 0 bridgehead atoms. The van der Waals surface area contributed by atoms with Crippen molar-refractivity contribution in [3.05, 3.63) is 29.8 Å². The molecule has 22 heavy (non-hydrogen) atoms. The Kier molecular flexibility index (Phi) is 3.87. The number of rotatable bonds is 2. The summed E-state index contributed by atoms with van der Waals surface area (Å²) in [7, 11) is -0.453. The Hall–Kier alpha value is -0.245. The fourth-order valence-electron chi connectivity index (χ4n) is 2.32. The van der Waals surface area contributed by atoms with Gasteiger partial charge in [-0.3, -0.25) is 0 Å². The quantitative estimate of drug-likeness (QED) is 0.387. The summed E-state index contributed by atoms with van der Waals surface area (Å²) in [6, 6.07) is 6.62. The summed E-state index contributed by atoms with van der Waals surface area (Å²) in [6.45, 7) is 7.98. The number of fused-ring (bicyclic) bond motifs is 1. The largest absolute Gasteiger partial charge is 0.505 e. The first kappa shape index (κ1) is 16.6. The predicted molar refractivity (Wildman–Crippen MR) is 95.5 cm³/mol. The van der Waals surface area contributed by atoms with Gasteiger partial charge in [0.15, 0.2) is 0 Å². The maximum Gasteiger partial charge on any atom is 0.505 e. The third kappa shape index (κ3) is 2.81. The molecule has 3 rings (SSSR count). The van der Waals surface area contributed by atoms with Gasteiger partial charge < -0.3 is 9.31 Å². The number of thiophene rings is 1. The molecule has 1 aliphatic heterocycles. The second-order valence-electron chi connectivity index (χ2n) is 6.49. The van der Waals surface area contributed by atoms with Gasteiger partial charge in [-0.2, -0.15) is 8.78 Å². The molecule has 2 aromatic rings. The molecular weight excluding hydrogens is 420 g/mol. The van der Waals surface area contributed by atoms with E-state index in [2.05, 4.69) is 0 Å². The zero-order valence-electron chi connectivity index (χ0n) is 12.7. The van der Waals surface area contributed by atoms with Crippen LogP contribution in [0.4, 0.5) is 8.78 Å². The lowest BCUT2D eigenvalue weighted by Gasteiger charge is -2.32. The van der Waals surface area contributed by atoms with Gasteiger partial charge in [0.25, 0.3) is 0 Å². The Labute approximate surface area is 146 Å². The standard InChI is InChI=1S/C15H16BF2IO2S/c1-13(2)14(3,4)21-16(20-13)12-8-9-7-10(15(17,18)19)5-6-11(9)22-12/h5-8H,1-4H3. The van der Waals surface area contributed by atoms with Crippen molar-refractivity contribution in [1.82, 2.24) is 0 Å². The lowest BCUT2D eigenvalue weighted by molar-refractivity contribution is 0.00578. The fourth-order valence-corrected chi connectivity index (χ4v) is 3.66. The van der Waals surface area contributed by atoms with E-state index < -0.39 is 22.2 Å². The Balaban J connectivity index is 1.97. The highest BCUT2D eigenvalue weighted by Gasteiger charge is 2.52. The minimum atomic E-state index is -2.86. The number of hydrogen-bond donors (Lipinski definition) is 0. The molecule has 1 saturated heterocycles. The van der Waals surface area contributed by atoms with Crippen LogP contribution in [0, 0.1) is 0 Å². The van der Waals surface area contributed by atoms with Gasteiger partial charge in [-0.1, -0.05) is 6.07 Å². The van der Waals surface area contributed by atoms with Crippen molar-refractivity contribution in [3.63, 3.8) is 0 Å². The summed E-state index contributed by atoms with van der Waals surface area (Å²) < 4.78 is 37.9. The highest BCUT2D eigenvalue weighted by Crippen LogP contribution is 2.39. The molecule has 1 aliphatic rings. The zero-order chi connectivity index (χ0) is 16.3. The molecule has 1 aromatic heterocycles. The average Bonchev–Trinajstić information content (AvgIpc) is 2.86. The molecule has 1 fully saturated rings. The van der Waals surface area contributed by atoms with Gasteiger partial charge in [-0.25, -0.2) is 0 Å². The summed E-state index contributed by atoms with van der Waals surface area (Å²) in [5, 5.41) is 0.795. The van der Waals surface area contributed by atoms with E-state index in [9.17, 15) is 8.78 Å². The summed E-state index contributed by atoms with van der Waals surface area (Å²) in [6.07, 6.45) is 0. The summed E-state index contributed by atoms with van der Waals surface area (Å²) in [4.78, 5) is 0. The Morgan fingerprint density at radius 3 is 2.23 bits per heavy atom. The molecule has 0 unspecified atom stereocenters. The number of benzene rings is 1. The van der Waals surface area contributed by atoms with Crippen LogP contribution in [0.1, 0.15) is 33.3 Å². The van der Waals surface area contributed by atoms with Crippen LogP contribution in [0.2, 0.25) is 0 Å². The highest BCUT2D eigenvalue weighted by molar-refractivity contribution is 14.1. The van der Waals surface area contributed by atoms with Crippen molar-refractivity contribution in [2.45, 2.75) is 42.8 Å². The molecule has 1 aromatic carbocycles. The number of halogens is 3. The summed E-state index contributed by atoms with van der Waals surface area (Å²) in [5.41, 5.74) is -0.804. The maximum absolute atomic E-state index is 13.4. The van der Waals surface area contributed by atoms with Gasteiger partial charge in [0.2, 0.25) is 0 Å². The van der Waals surface area contributed by atoms with Crippen LogP contribution in [-0.2, 0) is 13.2 Å². The van der Waals surface area contributed by atoms with E-state index in [0.717, 1.165) is 37.5 Å². The van der Waals surface area contributed by atoms with Crippen LogP contribution in [-0.4, -0.2) is 18.3 Å². The van der Waals surface area contributed by atoms with E-state index in [0.29, 0.717) is 0 Å². The summed E-state index contributed by atoms with van der Waals surface area (Å²) >= 11 is 2.67. The molecule has 118 valence electrons. The third-order valence-corrected chi connectivity index (χ3v) is 6.11. The van der Waals surface area contributed by atoms with Crippen LogP contribution in [0.5, 0.6) is 0 Å². The van der Waals surface area contributed by atoms with E-state index in [4.69, 9.17) is 9.31 Å². The SMILES string of the molecule is CC1(C)OB(c2cc3cc(C(F)(F)I)ccc3s2)OC1(C)C. The first-order chi connectivity index (χ1) is 9.99. The highest BCUT2D eigenvalue weighted by atomic mass is 127. The Morgan fingerprint density at radius 1 is 1.09 bits per heavy atom. The van der Waals surface area contributed by atoms with Crippen molar-refractivity contribution < 1.29 is 18.1 Å². The number of alkyl halides is 3. The maximum atomic E-state index is 13.4. The van der Waals surface area contributed by atoms with Crippen LogP contribution in [0.3, 0.4) is 0 Å². The molecule has 0 aliphatic carbocycles. The van der Waals surface area contributed by atoms with E-state index in [1.807, 2.05) is 33.8 Å². The second kappa shape index (κ2) is 5.12. The lowest BCUT2D eigenvalue weighted by Crippen LogP contribution is -2.41. The Bertz CT molecular complexity index is 708. The number of hydrogen-bond acceptors (Lipinski definition) is 3. The third-order valence-electron chi connectivity index (χ3n) is 4.35. The Morgan fingerprint density at radius 2 is 1.68 bits per heavy atom. The molecule has 0 amide bonds. The van der Waals surface area contributed by atoms with Crippen LogP contribution < -0.4 is 4.78 Å².